The van der Waals surface area contributed by atoms with Crippen LogP contribution in [0.3, 0.4) is 0 Å². The molecule has 0 aromatic heterocycles. The van der Waals surface area contributed by atoms with E-state index in [4.69, 9.17) is 14.7 Å². The Labute approximate surface area is 186 Å². The van der Waals surface area contributed by atoms with E-state index in [2.05, 4.69) is 10.6 Å². The second-order valence-corrected chi connectivity index (χ2v) is 6.96. The van der Waals surface area contributed by atoms with Gasteiger partial charge in [0, 0.05) is 13.0 Å². The Hall–Kier alpha value is -3.90. The Morgan fingerprint density at radius 3 is 2.50 bits per heavy atom. The van der Waals surface area contributed by atoms with Gasteiger partial charge in [0.25, 0.3) is 0 Å². The maximum atomic E-state index is 12.3. The van der Waals surface area contributed by atoms with Gasteiger partial charge in [0.1, 0.15) is 12.6 Å². The molecule has 0 aliphatic heterocycles. The molecule has 0 fully saturated rings. The minimum absolute atomic E-state index is 0.0804. The standard InChI is InChI=1S/C23H25N3O6/c1-31-22(29)20(11-17-8-5-9-18(10-17)13-24)26-21(28)12-19(27)14-25-23(30)32-15-16-6-3-2-4-7-16/h2-10,19-20,27H,11-12,14-15H2,1H3,(H,25,30)(H,26,28)/t19-,20+/m1/s1. The smallest absolute Gasteiger partial charge is 0.407 e. The molecule has 0 aliphatic carbocycles. The average molecular weight is 439 g/mol. The number of methoxy groups -OCH3 is 1. The summed E-state index contributed by atoms with van der Waals surface area (Å²) in [6, 6.07) is 16.8. The van der Waals surface area contributed by atoms with Crippen molar-refractivity contribution in [2.45, 2.75) is 31.6 Å². The van der Waals surface area contributed by atoms with Crippen molar-refractivity contribution in [3.8, 4) is 6.07 Å². The number of nitrogens with zero attached hydrogens (tertiary/aromatic N) is 1. The van der Waals surface area contributed by atoms with Crippen LogP contribution in [-0.4, -0.2) is 48.9 Å². The molecule has 0 saturated heterocycles. The van der Waals surface area contributed by atoms with E-state index in [0.717, 1.165) is 5.56 Å². The molecule has 0 radical (unpaired) electrons. The van der Waals surface area contributed by atoms with Crippen LogP contribution >= 0.6 is 0 Å². The van der Waals surface area contributed by atoms with E-state index in [1.807, 2.05) is 24.3 Å². The molecule has 32 heavy (non-hydrogen) atoms. The zero-order valence-corrected chi connectivity index (χ0v) is 17.6. The Morgan fingerprint density at radius 2 is 1.81 bits per heavy atom. The van der Waals surface area contributed by atoms with Gasteiger partial charge in [0.05, 0.1) is 31.3 Å². The van der Waals surface area contributed by atoms with Gasteiger partial charge in [0.15, 0.2) is 0 Å². The number of carbonyl (C=O) groups excluding carboxylic acids is 3. The molecule has 9 nitrogen and oxygen atoms in total. The number of hydrogen-bond acceptors (Lipinski definition) is 7. The molecule has 2 amide bonds. The van der Waals surface area contributed by atoms with Gasteiger partial charge in [-0.2, -0.15) is 5.26 Å². The van der Waals surface area contributed by atoms with E-state index < -0.39 is 30.1 Å². The van der Waals surface area contributed by atoms with Crippen molar-refractivity contribution in [2.75, 3.05) is 13.7 Å². The van der Waals surface area contributed by atoms with Crippen molar-refractivity contribution < 1.29 is 29.0 Å². The van der Waals surface area contributed by atoms with Crippen molar-refractivity contribution in [3.05, 3.63) is 71.3 Å². The van der Waals surface area contributed by atoms with Gasteiger partial charge in [-0.3, -0.25) is 4.79 Å². The van der Waals surface area contributed by atoms with Gasteiger partial charge in [-0.15, -0.1) is 0 Å². The Bertz CT molecular complexity index is 958. The Morgan fingerprint density at radius 1 is 1.09 bits per heavy atom. The summed E-state index contributed by atoms with van der Waals surface area (Å²) >= 11 is 0. The number of benzene rings is 2. The lowest BCUT2D eigenvalue weighted by molar-refractivity contribution is -0.145. The summed E-state index contributed by atoms with van der Waals surface area (Å²) in [6.07, 6.45) is -2.13. The average Bonchev–Trinajstić information content (AvgIpc) is 2.81. The van der Waals surface area contributed by atoms with E-state index in [1.54, 1.807) is 36.4 Å². The second-order valence-electron chi connectivity index (χ2n) is 6.96. The summed E-state index contributed by atoms with van der Waals surface area (Å²) in [5.41, 5.74) is 1.91. The first-order valence-corrected chi connectivity index (χ1v) is 9.90. The second kappa shape index (κ2) is 12.7. The summed E-state index contributed by atoms with van der Waals surface area (Å²) in [5, 5.41) is 23.9. The van der Waals surface area contributed by atoms with E-state index in [9.17, 15) is 19.5 Å². The number of nitrogens with one attached hydrogen (secondary N) is 2. The largest absolute Gasteiger partial charge is 0.467 e. The summed E-state index contributed by atoms with van der Waals surface area (Å²) in [4.78, 5) is 36.1. The van der Waals surface area contributed by atoms with Crippen molar-refractivity contribution in [2.24, 2.45) is 0 Å². The van der Waals surface area contributed by atoms with Gasteiger partial charge in [-0.25, -0.2) is 9.59 Å². The molecule has 9 heteroatoms. The number of alkyl carbamates (subject to hydrolysis) is 1. The number of amides is 2. The molecule has 0 heterocycles. The molecule has 2 aromatic rings. The Balaban J connectivity index is 1.80. The SMILES string of the molecule is COC(=O)[C@H](Cc1cccc(C#N)c1)NC(=O)C[C@@H](O)CNC(=O)OCc1ccccc1. The highest BCUT2D eigenvalue weighted by Crippen LogP contribution is 2.09. The van der Waals surface area contributed by atoms with E-state index >= 15 is 0 Å². The molecule has 0 aliphatic rings. The van der Waals surface area contributed by atoms with Crippen molar-refractivity contribution in [3.63, 3.8) is 0 Å². The van der Waals surface area contributed by atoms with Crippen LogP contribution in [-0.2, 0) is 32.1 Å². The Kier molecular flexibility index (Phi) is 9.69. The number of rotatable bonds is 10. The maximum absolute atomic E-state index is 12.3. The quantitative estimate of drug-likeness (QED) is 0.476. The predicted octanol–water partition coefficient (Wildman–Crippen LogP) is 1.44. The fraction of sp³-hybridized carbons (Fsp3) is 0.304. The van der Waals surface area contributed by atoms with E-state index in [0.29, 0.717) is 11.1 Å². The van der Waals surface area contributed by atoms with Gasteiger partial charge < -0.3 is 25.2 Å². The molecule has 168 valence electrons. The lowest BCUT2D eigenvalue weighted by Gasteiger charge is -2.18. The zero-order chi connectivity index (χ0) is 23.3. The number of carbonyl (C=O) groups is 3. The monoisotopic (exact) mass is 439 g/mol. The minimum atomic E-state index is -1.18. The number of aliphatic hydroxyl groups excluding tert-OH is 1. The third-order valence-corrected chi connectivity index (χ3v) is 4.43. The number of ether oxygens (including phenoxy) is 2. The summed E-state index contributed by atoms with van der Waals surface area (Å²) in [7, 11) is 1.20. The molecule has 2 aromatic carbocycles. The first kappa shape index (κ1) is 24.4. The molecule has 0 spiro atoms. The van der Waals surface area contributed by atoms with Crippen LogP contribution in [0.15, 0.2) is 54.6 Å². The zero-order valence-electron chi connectivity index (χ0n) is 17.6. The normalized spacial score (nSPS) is 12.0. The molecular weight excluding hydrogens is 414 g/mol. The molecule has 0 saturated carbocycles. The van der Waals surface area contributed by atoms with Gasteiger partial charge in [0.2, 0.25) is 5.91 Å². The molecular formula is C23H25N3O6. The lowest BCUT2D eigenvalue weighted by Crippen LogP contribution is -2.45. The van der Waals surface area contributed by atoms with Crippen LogP contribution in [0.5, 0.6) is 0 Å². The molecule has 0 bridgehead atoms. The van der Waals surface area contributed by atoms with Crippen LogP contribution < -0.4 is 10.6 Å². The maximum Gasteiger partial charge on any atom is 0.407 e. The van der Waals surface area contributed by atoms with Crippen molar-refractivity contribution in [1.82, 2.24) is 10.6 Å². The predicted molar refractivity (Wildman–Crippen MR) is 114 cm³/mol. The first-order chi connectivity index (χ1) is 15.4. The highest BCUT2D eigenvalue weighted by molar-refractivity contribution is 5.85. The van der Waals surface area contributed by atoms with E-state index in [1.165, 1.54) is 7.11 Å². The van der Waals surface area contributed by atoms with E-state index in [-0.39, 0.29) is 26.0 Å². The lowest BCUT2D eigenvalue weighted by atomic mass is 10.0. The number of aliphatic hydroxyl groups is 1. The molecule has 0 unspecified atom stereocenters. The van der Waals surface area contributed by atoms with Crippen molar-refractivity contribution >= 4 is 18.0 Å². The number of hydrogen-bond donors (Lipinski definition) is 3. The van der Waals surface area contributed by atoms with Crippen LogP contribution in [0, 0.1) is 11.3 Å². The first-order valence-electron chi connectivity index (χ1n) is 9.90. The number of esters is 1. The molecule has 3 N–H and O–H groups in total. The topological polar surface area (TPSA) is 138 Å². The molecule has 2 rings (SSSR count). The number of nitriles is 1. The fourth-order valence-electron chi connectivity index (χ4n) is 2.85. The van der Waals surface area contributed by atoms with Gasteiger partial charge >= 0.3 is 12.1 Å². The highest BCUT2D eigenvalue weighted by Gasteiger charge is 2.23. The third-order valence-electron chi connectivity index (χ3n) is 4.43. The summed E-state index contributed by atoms with van der Waals surface area (Å²) < 4.78 is 9.77. The van der Waals surface area contributed by atoms with Crippen LogP contribution in [0.4, 0.5) is 4.79 Å². The van der Waals surface area contributed by atoms with Gasteiger partial charge in [-0.1, -0.05) is 42.5 Å². The summed E-state index contributed by atoms with van der Waals surface area (Å²) in [5.74, 6) is -1.25. The summed E-state index contributed by atoms with van der Waals surface area (Å²) in [6.45, 7) is -0.120. The fourth-order valence-corrected chi connectivity index (χ4v) is 2.85. The van der Waals surface area contributed by atoms with Crippen LogP contribution in [0.1, 0.15) is 23.1 Å². The molecule has 2 atom stereocenters. The third kappa shape index (κ3) is 8.45. The highest BCUT2D eigenvalue weighted by atomic mass is 16.5. The van der Waals surface area contributed by atoms with Crippen LogP contribution in [0.25, 0.3) is 0 Å². The van der Waals surface area contributed by atoms with Crippen molar-refractivity contribution in [1.29, 1.82) is 5.26 Å². The van der Waals surface area contributed by atoms with Crippen LogP contribution in [0.2, 0.25) is 0 Å². The minimum Gasteiger partial charge on any atom is -0.467 e. The van der Waals surface area contributed by atoms with Gasteiger partial charge in [-0.05, 0) is 23.3 Å².